The highest BCUT2D eigenvalue weighted by Crippen LogP contribution is 2.35. The van der Waals surface area contributed by atoms with Crippen molar-refractivity contribution >= 4 is 11.5 Å². The smallest absolute Gasteiger partial charge is 0.340 e. The van der Waals surface area contributed by atoms with E-state index >= 15 is 0 Å². The van der Waals surface area contributed by atoms with Crippen LogP contribution in [-0.2, 0) is 6.18 Å². The molecule has 0 spiro atoms. The Hall–Kier alpha value is -2.04. The summed E-state index contributed by atoms with van der Waals surface area (Å²) >= 11 is 0. The molecule has 0 saturated heterocycles. The van der Waals surface area contributed by atoms with Gasteiger partial charge in [0.05, 0.1) is 11.3 Å². The fourth-order valence-electron chi connectivity index (χ4n) is 1.58. The van der Waals surface area contributed by atoms with Crippen molar-refractivity contribution in [1.82, 2.24) is 4.98 Å². The fourth-order valence-corrected chi connectivity index (χ4v) is 1.58. The lowest BCUT2D eigenvalue weighted by Crippen LogP contribution is -2.08. The number of aromatic nitrogens is 1. The number of nitrogens with one attached hydrogen (secondary N) is 1. The van der Waals surface area contributed by atoms with Crippen LogP contribution in [0.15, 0.2) is 42.6 Å². The molecule has 2 rings (SSSR count). The van der Waals surface area contributed by atoms with Gasteiger partial charge in [-0.25, -0.2) is 4.98 Å². The molecule has 0 aliphatic rings. The van der Waals surface area contributed by atoms with Crippen molar-refractivity contribution in [1.29, 1.82) is 0 Å². The maximum absolute atomic E-state index is 12.8. The second-order valence-electron chi connectivity index (χ2n) is 3.89. The number of anilines is 2. The number of hydrogen-bond donors (Lipinski definition) is 1. The summed E-state index contributed by atoms with van der Waals surface area (Å²) in [6.07, 6.45) is -2.83. The number of pyridine rings is 1. The minimum atomic E-state index is -4.38. The molecule has 0 unspecified atom stereocenters. The van der Waals surface area contributed by atoms with Gasteiger partial charge in [0.25, 0.3) is 0 Å². The number of benzene rings is 1. The first-order valence-corrected chi connectivity index (χ1v) is 5.33. The molecule has 0 atom stereocenters. The average molecular weight is 252 g/mol. The molecule has 0 fully saturated rings. The van der Waals surface area contributed by atoms with E-state index in [1.165, 1.54) is 12.1 Å². The summed E-state index contributed by atoms with van der Waals surface area (Å²) in [5.74, 6) is 0.395. The van der Waals surface area contributed by atoms with Crippen LogP contribution in [0.3, 0.4) is 0 Å². The zero-order chi connectivity index (χ0) is 13.2. The summed E-state index contributed by atoms with van der Waals surface area (Å²) in [7, 11) is 0. The Morgan fingerprint density at radius 3 is 2.50 bits per heavy atom. The average Bonchev–Trinajstić information content (AvgIpc) is 2.28. The van der Waals surface area contributed by atoms with E-state index in [4.69, 9.17) is 0 Å². The van der Waals surface area contributed by atoms with Gasteiger partial charge in [-0.15, -0.1) is 0 Å². The molecule has 1 heterocycles. The molecule has 0 aliphatic carbocycles. The number of para-hydroxylation sites is 1. The van der Waals surface area contributed by atoms with Gasteiger partial charge in [-0.05, 0) is 36.8 Å². The van der Waals surface area contributed by atoms with Crippen LogP contribution in [0.5, 0.6) is 0 Å². The van der Waals surface area contributed by atoms with E-state index in [0.717, 1.165) is 11.6 Å². The van der Waals surface area contributed by atoms with Crippen LogP contribution in [0.4, 0.5) is 24.7 Å². The molecule has 0 radical (unpaired) electrons. The molecule has 1 N–H and O–H groups in total. The quantitative estimate of drug-likeness (QED) is 0.868. The van der Waals surface area contributed by atoms with Crippen LogP contribution in [0.25, 0.3) is 0 Å². The minimum absolute atomic E-state index is 0.00287. The van der Waals surface area contributed by atoms with Gasteiger partial charge in [-0.2, -0.15) is 13.2 Å². The van der Waals surface area contributed by atoms with E-state index in [2.05, 4.69) is 10.3 Å². The first-order chi connectivity index (χ1) is 8.47. The predicted octanol–water partition coefficient (Wildman–Crippen LogP) is 4.15. The molecular weight excluding hydrogens is 241 g/mol. The van der Waals surface area contributed by atoms with Crippen LogP contribution < -0.4 is 5.32 Å². The van der Waals surface area contributed by atoms with Gasteiger partial charge >= 0.3 is 6.18 Å². The molecular formula is C13H11F3N2. The second-order valence-corrected chi connectivity index (χ2v) is 3.89. The van der Waals surface area contributed by atoms with E-state index in [1.807, 2.05) is 6.92 Å². The zero-order valence-electron chi connectivity index (χ0n) is 9.62. The molecule has 18 heavy (non-hydrogen) atoms. The molecule has 0 amide bonds. The number of rotatable bonds is 2. The lowest BCUT2D eigenvalue weighted by atomic mass is 10.1. The third-order valence-corrected chi connectivity index (χ3v) is 2.41. The molecule has 1 aromatic carbocycles. The standard InChI is InChI=1S/C13H11F3N2/c1-9-6-7-17-12(8-9)18-11-5-3-2-4-10(11)13(14,15)16/h2-8H,1H3,(H,17,18). The normalized spacial score (nSPS) is 11.3. The highest BCUT2D eigenvalue weighted by molar-refractivity contribution is 5.61. The Balaban J connectivity index is 2.35. The van der Waals surface area contributed by atoms with E-state index in [9.17, 15) is 13.2 Å². The van der Waals surface area contributed by atoms with Gasteiger partial charge < -0.3 is 5.32 Å². The molecule has 0 saturated carbocycles. The van der Waals surface area contributed by atoms with E-state index in [-0.39, 0.29) is 5.69 Å². The topological polar surface area (TPSA) is 24.9 Å². The molecule has 1 aromatic heterocycles. The van der Waals surface area contributed by atoms with Gasteiger partial charge in [-0.1, -0.05) is 12.1 Å². The Kier molecular flexibility index (Phi) is 3.23. The number of hydrogen-bond acceptors (Lipinski definition) is 2. The molecule has 94 valence electrons. The molecule has 0 bridgehead atoms. The van der Waals surface area contributed by atoms with Crippen molar-refractivity contribution in [2.24, 2.45) is 0 Å². The molecule has 2 nitrogen and oxygen atoms in total. The Bertz CT molecular complexity index is 550. The van der Waals surface area contributed by atoms with Gasteiger partial charge in [0.2, 0.25) is 0 Å². The minimum Gasteiger partial charge on any atom is -0.340 e. The van der Waals surface area contributed by atoms with Crippen LogP contribution in [-0.4, -0.2) is 4.98 Å². The number of alkyl halides is 3. The van der Waals surface area contributed by atoms with Crippen molar-refractivity contribution in [2.75, 3.05) is 5.32 Å². The third kappa shape index (κ3) is 2.80. The Morgan fingerprint density at radius 2 is 1.83 bits per heavy atom. The SMILES string of the molecule is Cc1ccnc(Nc2ccccc2C(F)(F)F)c1. The van der Waals surface area contributed by atoms with Crippen molar-refractivity contribution in [3.63, 3.8) is 0 Å². The van der Waals surface area contributed by atoms with Crippen LogP contribution >= 0.6 is 0 Å². The molecule has 2 aromatic rings. The number of halogens is 3. The molecule has 5 heteroatoms. The maximum atomic E-state index is 12.8. The van der Waals surface area contributed by atoms with Crippen LogP contribution in [0.1, 0.15) is 11.1 Å². The fraction of sp³-hybridized carbons (Fsp3) is 0.154. The molecule has 0 aliphatic heterocycles. The van der Waals surface area contributed by atoms with Gasteiger partial charge in [0.15, 0.2) is 0 Å². The first kappa shape index (κ1) is 12.4. The van der Waals surface area contributed by atoms with E-state index < -0.39 is 11.7 Å². The largest absolute Gasteiger partial charge is 0.418 e. The van der Waals surface area contributed by atoms with E-state index in [0.29, 0.717) is 5.82 Å². The predicted molar refractivity (Wildman–Crippen MR) is 63.7 cm³/mol. The zero-order valence-corrected chi connectivity index (χ0v) is 9.62. The Labute approximate surface area is 102 Å². The second kappa shape index (κ2) is 4.68. The van der Waals surface area contributed by atoms with Gasteiger partial charge in [0.1, 0.15) is 5.82 Å². The summed E-state index contributed by atoms with van der Waals surface area (Å²) in [4.78, 5) is 3.98. The van der Waals surface area contributed by atoms with Gasteiger partial charge in [-0.3, -0.25) is 0 Å². The lowest BCUT2D eigenvalue weighted by molar-refractivity contribution is -0.136. The summed E-state index contributed by atoms with van der Waals surface area (Å²) in [5.41, 5.74) is 0.230. The first-order valence-electron chi connectivity index (χ1n) is 5.33. The van der Waals surface area contributed by atoms with Gasteiger partial charge in [0, 0.05) is 6.20 Å². The Morgan fingerprint density at radius 1 is 1.11 bits per heavy atom. The van der Waals surface area contributed by atoms with Crippen molar-refractivity contribution in [3.05, 3.63) is 53.7 Å². The summed E-state index contributed by atoms with van der Waals surface area (Å²) in [6.45, 7) is 1.85. The monoisotopic (exact) mass is 252 g/mol. The maximum Gasteiger partial charge on any atom is 0.418 e. The van der Waals surface area contributed by atoms with E-state index in [1.54, 1.807) is 24.4 Å². The highest BCUT2D eigenvalue weighted by Gasteiger charge is 2.33. The van der Waals surface area contributed by atoms with Crippen LogP contribution in [0.2, 0.25) is 0 Å². The summed E-state index contributed by atoms with van der Waals surface area (Å²) in [6, 6.07) is 8.80. The van der Waals surface area contributed by atoms with Crippen LogP contribution in [0, 0.1) is 6.92 Å². The summed E-state index contributed by atoms with van der Waals surface area (Å²) < 4.78 is 38.3. The number of aryl methyl sites for hydroxylation is 1. The van der Waals surface area contributed by atoms with Crippen molar-refractivity contribution in [3.8, 4) is 0 Å². The van der Waals surface area contributed by atoms with Crippen molar-refractivity contribution in [2.45, 2.75) is 13.1 Å². The highest BCUT2D eigenvalue weighted by atomic mass is 19.4. The lowest BCUT2D eigenvalue weighted by Gasteiger charge is -2.13. The summed E-state index contributed by atoms with van der Waals surface area (Å²) in [5, 5.41) is 2.69. The third-order valence-electron chi connectivity index (χ3n) is 2.41. The number of nitrogens with zero attached hydrogens (tertiary/aromatic N) is 1. The van der Waals surface area contributed by atoms with Crippen molar-refractivity contribution < 1.29 is 13.2 Å².